The van der Waals surface area contributed by atoms with Crippen LogP contribution < -0.4 is 0 Å². The van der Waals surface area contributed by atoms with Gasteiger partial charge >= 0.3 is 0 Å². The van der Waals surface area contributed by atoms with Crippen LogP contribution in [0.25, 0.3) is 133 Å². The van der Waals surface area contributed by atoms with Gasteiger partial charge in [0.2, 0.25) is 0 Å². The smallest absolute Gasteiger partial charge is 0.164 e. The van der Waals surface area contributed by atoms with Crippen LogP contribution in [0.15, 0.2) is 241 Å². The monoisotopic (exact) mass is 881 g/mol. The summed E-state index contributed by atoms with van der Waals surface area (Å²) in [6, 6.07) is 83.4. The first-order valence-electron chi connectivity index (χ1n) is 23.3. The Morgan fingerprint density at radius 1 is 0.290 bits per heavy atom. The number of nitrogens with zero attached hydrogens (tertiary/aromatic N) is 5. The lowest BCUT2D eigenvalue weighted by molar-refractivity contribution is 0.670. The second kappa shape index (κ2) is 15.6. The standard InChI is InChI=1S/C63H39N5O/c1-5-17-40(18-6-1)61-64-62(41-19-7-2-8-20-41)66-63(65-61)44-33-36-58-52(39-44)50-28-15-27-49(60(50)69-58)48-26-16-30-57-59(48)53-38-43(32-35-56(53)68(57)46-23-11-4-12-24-46)42-31-34-55-51(37-42)47-25-13-14-29-54(47)67(55)45-21-9-3-10-22-45/h1-39H. The first kappa shape index (κ1) is 38.8. The molecule has 0 spiro atoms. The van der Waals surface area contributed by atoms with Crippen LogP contribution in [0.5, 0.6) is 0 Å². The van der Waals surface area contributed by atoms with Crippen molar-refractivity contribution >= 4 is 65.6 Å². The van der Waals surface area contributed by atoms with Gasteiger partial charge in [-0.2, -0.15) is 0 Å². The van der Waals surface area contributed by atoms with Gasteiger partial charge in [0.05, 0.1) is 22.1 Å². The predicted octanol–water partition coefficient (Wildman–Crippen LogP) is 16.3. The van der Waals surface area contributed by atoms with Crippen LogP contribution >= 0.6 is 0 Å². The van der Waals surface area contributed by atoms with E-state index in [1.807, 2.05) is 66.7 Å². The Bertz CT molecular complexity index is 4230. The lowest BCUT2D eigenvalue weighted by Gasteiger charge is -2.09. The summed E-state index contributed by atoms with van der Waals surface area (Å²) in [6.45, 7) is 0. The Balaban J connectivity index is 0.950. The molecular formula is C63H39N5O. The topological polar surface area (TPSA) is 61.7 Å². The Morgan fingerprint density at radius 3 is 1.42 bits per heavy atom. The molecule has 322 valence electrons. The second-order valence-corrected chi connectivity index (χ2v) is 17.6. The van der Waals surface area contributed by atoms with E-state index in [0.29, 0.717) is 17.5 Å². The fraction of sp³-hybridized carbons (Fsp3) is 0. The Morgan fingerprint density at radius 2 is 0.754 bits per heavy atom. The van der Waals surface area contributed by atoms with E-state index in [4.69, 9.17) is 19.4 Å². The fourth-order valence-corrected chi connectivity index (χ4v) is 10.4. The molecule has 0 atom stereocenters. The van der Waals surface area contributed by atoms with Crippen LogP contribution in [-0.4, -0.2) is 24.1 Å². The molecule has 0 aliphatic heterocycles. The van der Waals surface area contributed by atoms with Gasteiger partial charge in [0.15, 0.2) is 17.5 Å². The highest BCUT2D eigenvalue weighted by atomic mass is 16.3. The number of fused-ring (bicyclic) bond motifs is 9. The molecule has 14 aromatic rings. The van der Waals surface area contributed by atoms with E-state index < -0.39 is 0 Å². The van der Waals surface area contributed by atoms with Gasteiger partial charge in [-0.3, -0.25) is 0 Å². The molecule has 0 saturated heterocycles. The first-order chi connectivity index (χ1) is 34.2. The van der Waals surface area contributed by atoms with Crippen molar-refractivity contribution < 1.29 is 4.42 Å². The van der Waals surface area contributed by atoms with E-state index in [-0.39, 0.29) is 0 Å². The highest BCUT2D eigenvalue weighted by Gasteiger charge is 2.22. The summed E-state index contributed by atoms with van der Waals surface area (Å²) in [4.78, 5) is 15.0. The Hall–Kier alpha value is -9.39. The molecule has 0 amide bonds. The molecule has 0 N–H and O–H groups in total. The van der Waals surface area contributed by atoms with Crippen LogP contribution in [0, 0.1) is 0 Å². The molecule has 6 heteroatoms. The molecule has 0 fully saturated rings. The van der Waals surface area contributed by atoms with Crippen molar-refractivity contribution in [3.8, 4) is 67.8 Å². The molecule has 6 nitrogen and oxygen atoms in total. The first-order valence-corrected chi connectivity index (χ1v) is 23.3. The number of benzene rings is 10. The zero-order valence-corrected chi connectivity index (χ0v) is 37.2. The lowest BCUT2D eigenvalue weighted by Crippen LogP contribution is -2.00. The SMILES string of the molecule is c1ccc(-c2nc(-c3ccccc3)nc(-c3ccc4oc5c(-c6cccc7c6c6cc(-c8ccc9c(c8)c8ccccc8n9-c8ccccc8)ccc6n7-c6ccccc6)cccc5c4c3)n2)cc1. The minimum atomic E-state index is 0.602. The molecule has 4 aromatic heterocycles. The van der Waals surface area contributed by atoms with Gasteiger partial charge < -0.3 is 13.6 Å². The summed E-state index contributed by atoms with van der Waals surface area (Å²) in [5.41, 5.74) is 15.7. The number of furan rings is 1. The normalized spacial score (nSPS) is 11.8. The van der Waals surface area contributed by atoms with Crippen molar-refractivity contribution in [3.05, 3.63) is 237 Å². The maximum Gasteiger partial charge on any atom is 0.164 e. The summed E-state index contributed by atoms with van der Waals surface area (Å²) in [7, 11) is 0. The molecule has 0 aliphatic rings. The van der Waals surface area contributed by atoms with Crippen molar-refractivity contribution in [1.82, 2.24) is 24.1 Å². The molecule has 14 rings (SSSR count). The fourth-order valence-electron chi connectivity index (χ4n) is 10.4. The zero-order valence-electron chi connectivity index (χ0n) is 37.2. The molecule has 0 radical (unpaired) electrons. The van der Waals surface area contributed by atoms with Gasteiger partial charge in [0.1, 0.15) is 11.2 Å². The largest absolute Gasteiger partial charge is 0.455 e. The number of rotatable bonds is 7. The summed E-state index contributed by atoms with van der Waals surface area (Å²) in [5, 5.41) is 6.82. The minimum absolute atomic E-state index is 0.602. The summed E-state index contributed by atoms with van der Waals surface area (Å²) in [6.07, 6.45) is 0. The van der Waals surface area contributed by atoms with Gasteiger partial charge in [-0.05, 0) is 95.6 Å². The third-order valence-electron chi connectivity index (χ3n) is 13.6. The zero-order chi connectivity index (χ0) is 45.4. The molecule has 10 aromatic carbocycles. The average molecular weight is 882 g/mol. The maximum atomic E-state index is 6.91. The number of aromatic nitrogens is 5. The molecule has 0 saturated carbocycles. The average Bonchev–Trinajstić information content (AvgIpc) is 4.09. The summed E-state index contributed by atoms with van der Waals surface area (Å²) >= 11 is 0. The summed E-state index contributed by atoms with van der Waals surface area (Å²) in [5.74, 6) is 1.85. The van der Waals surface area contributed by atoms with Gasteiger partial charge in [-0.25, -0.2) is 15.0 Å². The highest BCUT2D eigenvalue weighted by Crippen LogP contribution is 2.45. The Labute approximate surface area is 396 Å². The molecule has 0 aliphatic carbocycles. The Kier molecular flexibility index (Phi) is 8.79. The van der Waals surface area contributed by atoms with Gasteiger partial charge in [0, 0.05) is 65.9 Å². The third kappa shape index (κ3) is 6.30. The lowest BCUT2D eigenvalue weighted by atomic mass is 9.95. The van der Waals surface area contributed by atoms with Crippen LogP contribution in [-0.2, 0) is 0 Å². The van der Waals surface area contributed by atoms with E-state index in [2.05, 4.69) is 179 Å². The van der Waals surface area contributed by atoms with Crippen LogP contribution in [0.4, 0.5) is 0 Å². The van der Waals surface area contributed by atoms with Gasteiger partial charge in [0.25, 0.3) is 0 Å². The third-order valence-corrected chi connectivity index (χ3v) is 13.6. The molecular weight excluding hydrogens is 843 g/mol. The van der Waals surface area contributed by atoms with E-state index >= 15 is 0 Å². The predicted molar refractivity (Wildman–Crippen MR) is 283 cm³/mol. The van der Waals surface area contributed by atoms with E-state index in [1.165, 1.54) is 38.1 Å². The number of hydrogen-bond acceptors (Lipinski definition) is 4. The van der Waals surface area contributed by atoms with Crippen LogP contribution in [0.1, 0.15) is 0 Å². The van der Waals surface area contributed by atoms with E-state index in [0.717, 1.165) is 77.7 Å². The maximum absolute atomic E-state index is 6.91. The molecule has 4 heterocycles. The minimum Gasteiger partial charge on any atom is -0.455 e. The van der Waals surface area contributed by atoms with Gasteiger partial charge in [-0.1, -0.05) is 158 Å². The number of hydrogen-bond donors (Lipinski definition) is 0. The van der Waals surface area contributed by atoms with Crippen molar-refractivity contribution in [2.24, 2.45) is 0 Å². The van der Waals surface area contributed by atoms with E-state index in [1.54, 1.807) is 0 Å². The van der Waals surface area contributed by atoms with Crippen molar-refractivity contribution in [3.63, 3.8) is 0 Å². The van der Waals surface area contributed by atoms with Crippen molar-refractivity contribution in [1.29, 1.82) is 0 Å². The van der Waals surface area contributed by atoms with Crippen LogP contribution in [0.2, 0.25) is 0 Å². The quantitative estimate of drug-likeness (QED) is 0.160. The van der Waals surface area contributed by atoms with Gasteiger partial charge in [-0.15, -0.1) is 0 Å². The second-order valence-electron chi connectivity index (χ2n) is 17.6. The highest BCUT2D eigenvalue weighted by molar-refractivity contribution is 6.20. The molecule has 69 heavy (non-hydrogen) atoms. The van der Waals surface area contributed by atoms with Crippen molar-refractivity contribution in [2.45, 2.75) is 0 Å². The summed E-state index contributed by atoms with van der Waals surface area (Å²) < 4.78 is 11.7. The van der Waals surface area contributed by atoms with E-state index in [9.17, 15) is 0 Å². The molecule has 0 bridgehead atoms. The number of para-hydroxylation sites is 4. The van der Waals surface area contributed by atoms with Crippen LogP contribution in [0.3, 0.4) is 0 Å². The molecule has 0 unspecified atom stereocenters. The van der Waals surface area contributed by atoms with Crippen molar-refractivity contribution in [2.75, 3.05) is 0 Å².